The summed E-state index contributed by atoms with van der Waals surface area (Å²) in [5.41, 5.74) is 3.75. The fourth-order valence-corrected chi connectivity index (χ4v) is 2.81. The average Bonchev–Trinajstić information content (AvgIpc) is 3.07. The van der Waals surface area contributed by atoms with Crippen molar-refractivity contribution in [3.8, 4) is 11.3 Å². The smallest absolute Gasteiger partial charge is 0.291 e. The molecule has 4 heteroatoms. The Morgan fingerprint density at radius 1 is 1.08 bits per heavy atom. The molecular weight excluding hydrogens is 334 g/mol. The van der Waals surface area contributed by atoms with Crippen molar-refractivity contribution in [3.05, 3.63) is 76.5 Å². The van der Waals surface area contributed by atoms with Crippen molar-refractivity contribution in [3.63, 3.8) is 0 Å². The van der Waals surface area contributed by atoms with Crippen LogP contribution in [0.3, 0.4) is 0 Å². The Morgan fingerprint density at radius 3 is 2.56 bits per heavy atom. The summed E-state index contributed by atoms with van der Waals surface area (Å²) in [6.45, 7) is 6.22. The number of hydrogen-bond donors (Lipinski definition) is 1. The Kier molecular flexibility index (Phi) is 4.95. The molecule has 1 N–H and O–H groups in total. The van der Waals surface area contributed by atoms with Gasteiger partial charge < -0.3 is 9.73 Å². The van der Waals surface area contributed by atoms with E-state index < -0.39 is 0 Å². The standard InChI is InChI=1S/C21H20ClNO2/c1-13(2)15-9-8-14(3)18(12-15)23-21(24)20-11-10-19(25-20)16-6-4-5-7-17(16)22/h4-13H,1-3H3,(H,23,24). The maximum atomic E-state index is 12.5. The molecule has 2 aromatic carbocycles. The van der Waals surface area contributed by atoms with E-state index in [4.69, 9.17) is 16.0 Å². The van der Waals surface area contributed by atoms with Crippen LogP contribution in [-0.2, 0) is 0 Å². The first-order valence-corrected chi connectivity index (χ1v) is 8.60. The van der Waals surface area contributed by atoms with E-state index in [1.807, 2.05) is 37.3 Å². The van der Waals surface area contributed by atoms with Gasteiger partial charge in [-0.05, 0) is 54.3 Å². The molecule has 0 saturated heterocycles. The largest absolute Gasteiger partial charge is 0.451 e. The fourth-order valence-electron chi connectivity index (χ4n) is 2.58. The lowest BCUT2D eigenvalue weighted by atomic mass is 10.0. The van der Waals surface area contributed by atoms with E-state index in [0.29, 0.717) is 16.7 Å². The predicted octanol–water partition coefficient (Wildman–Crippen LogP) is 6.28. The molecule has 0 unspecified atom stereocenters. The molecule has 3 rings (SSSR count). The van der Waals surface area contributed by atoms with Crippen LogP contribution in [0.4, 0.5) is 5.69 Å². The third-order valence-corrected chi connectivity index (χ3v) is 4.48. The number of carbonyl (C=O) groups is 1. The Hall–Kier alpha value is -2.52. The third kappa shape index (κ3) is 3.77. The summed E-state index contributed by atoms with van der Waals surface area (Å²) in [4.78, 5) is 12.5. The molecule has 0 atom stereocenters. The SMILES string of the molecule is Cc1ccc(C(C)C)cc1NC(=O)c1ccc(-c2ccccc2Cl)o1. The minimum atomic E-state index is -0.276. The van der Waals surface area contributed by atoms with E-state index in [0.717, 1.165) is 16.8 Å². The Labute approximate surface area is 152 Å². The highest BCUT2D eigenvalue weighted by atomic mass is 35.5. The molecule has 128 valence electrons. The molecule has 0 bridgehead atoms. The number of carbonyl (C=O) groups excluding carboxylic acids is 1. The Balaban J connectivity index is 1.83. The van der Waals surface area contributed by atoms with Gasteiger partial charge in [-0.15, -0.1) is 0 Å². The Bertz CT molecular complexity index is 912. The second-order valence-corrected chi connectivity index (χ2v) is 6.73. The van der Waals surface area contributed by atoms with Crippen molar-refractivity contribution in [2.75, 3.05) is 5.32 Å². The molecule has 1 heterocycles. The monoisotopic (exact) mass is 353 g/mol. The van der Waals surface area contributed by atoms with Crippen molar-refractivity contribution < 1.29 is 9.21 Å². The number of rotatable bonds is 4. The van der Waals surface area contributed by atoms with Crippen LogP contribution < -0.4 is 5.32 Å². The summed E-state index contributed by atoms with van der Waals surface area (Å²) in [5, 5.41) is 3.52. The van der Waals surface area contributed by atoms with Crippen LogP contribution in [0.15, 0.2) is 59.0 Å². The summed E-state index contributed by atoms with van der Waals surface area (Å²) in [5.74, 6) is 0.946. The number of aryl methyl sites for hydroxylation is 1. The van der Waals surface area contributed by atoms with Crippen LogP contribution >= 0.6 is 11.6 Å². The summed E-state index contributed by atoms with van der Waals surface area (Å²) < 4.78 is 5.71. The summed E-state index contributed by atoms with van der Waals surface area (Å²) in [7, 11) is 0. The highest BCUT2D eigenvalue weighted by molar-refractivity contribution is 6.33. The molecule has 0 aliphatic rings. The van der Waals surface area contributed by atoms with Crippen LogP contribution in [-0.4, -0.2) is 5.91 Å². The maximum Gasteiger partial charge on any atom is 0.291 e. The lowest BCUT2D eigenvalue weighted by molar-refractivity contribution is 0.0997. The van der Waals surface area contributed by atoms with Gasteiger partial charge in [-0.3, -0.25) is 4.79 Å². The first-order chi connectivity index (χ1) is 12.0. The van der Waals surface area contributed by atoms with Crippen molar-refractivity contribution in [2.45, 2.75) is 26.7 Å². The van der Waals surface area contributed by atoms with Gasteiger partial charge in [0.15, 0.2) is 5.76 Å². The van der Waals surface area contributed by atoms with Gasteiger partial charge in [0.2, 0.25) is 0 Å². The molecule has 0 saturated carbocycles. The minimum absolute atomic E-state index is 0.254. The van der Waals surface area contributed by atoms with Crippen LogP contribution in [0.1, 0.15) is 41.4 Å². The minimum Gasteiger partial charge on any atom is -0.451 e. The highest BCUT2D eigenvalue weighted by Gasteiger charge is 2.15. The van der Waals surface area contributed by atoms with Gasteiger partial charge >= 0.3 is 0 Å². The zero-order valence-corrected chi connectivity index (χ0v) is 15.2. The highest BCUT2D eigenvalue weighted by Crippen LogP contribution is 2.29. The molecule has 0 radical (unpaired) electrons. The number of hydrogen-bond acceptors (Lipinski definition) is 2. The van der Waals surface area contributed by atoms with Gasteiger partial charge in [0.05, 0.1) is 5.02 Å². The number of halogens is 1. The normalized spacial score (nSPS) is 10.9. The van der Waals surface area contributed by atoms with E-state index >= 15 is 0 Å². The third-order valence-electron chi connectivity index (χ3n) is 4.15. The number of furan rings is 1. The molecule has 1 aromatic heterocycles. The predicted molar refractivity (Wildman–Crippen MR) is 102 cm³/mol. The first-order valence-electron chi connectivity index (χ1n) is 8.22. The van der Waals surface area contributed by atoms with Gasteiger partial charge in [-0.1, -0.05) is 49.7 Å². The van der Waals surface area contributed by atoms with Gasteiger partial charge in [-0.2, -0.15) is 0 Å². The lowest BCUT2D eigenvalue weighted by Gasteiger charge is -2.12. The molecule has 0 spiro atoms. The molecule has 1 amide bonds. The van der Waals surface area contributed by atoms with Gasteiger partial charge in [-0.25, -0.2) is 0 Å². The van der Waals surface area contributed by atoms with E-state index in [-0.39, 0.29) is 11.7 Å². The second-order valence-electron chi connectivity index (χ2n) is 6.33. The van der Waals surface area contributed by atoms with E-state index in [1.54, 1.807) is 18.2 Å². The first kappa shape index (κ1) is 17.3. The molecule has 3 nitrogen and oxygen atoms in total. The molecule has 0 aliphatic carbocycles. The van der Waals surface area contributed by atoms with Crippen molar-refractivity contribution in [1.82, 2.24) is 0 Å². The lowest BCUT2D eigenvalue weighted by Crippen LogP contribution is -2.12. The number of nitrogens with one attached hydrogen (secondary N) is 1. The molecule has 0 fully saturated rings. The van der Waals surface area contributed by atoms with E-state index in [9.17, 15) is 4.79 Å². The fraction of sp³-hybridized carbons (Fsp3) is 0.190. The van der Waals surface area contributed by atoms with E-state index in [1.165, 1.54) is 5.56 Å². The topological polar surface area (TPSA) is 42.2 Å². The van der Waals surface area contributed by atoms with Crippen LogP contribution in [0, 0.1) is 6.92 Å². The van der Waals surface area contributed by atoms with Gasteiger partial charge in [0.25, 0.3) is 5.91 Å². The van der Waals surface area contributed by atoms with Crippen molar-refractivity contribution >= 4 is 23.2 Å². The van der Waals surface area contributed by atoms with E-state index in [2.05, 4.69) is 25.2 Å². The zero-order chi connectivity index (χ0) is 18.0. The number of benzene rings is 2. The summed E-state index contributed by atoms with van der Waals surface area (Å²) in [6.07, 6.45) is 0. The quantitative estimate of drug-likeness (QED) is 0.599. The van der Waals surface area contributed by atoms with Gasteiger partial charge in [0, 0.05) is 11.3 Å². The molecule has 0 aliphatic heterocycles. The summed E-state index contributed by atoms with van der Waals surface area (Å²) >= 11 is 6.18. The van der Waals surface area contributed by atoms with Crippen LogP contribution in [0.2, 0.25) is 5.02 Å². The number of amides is 1. The summed E-state index contributed by atoms with van der Waals surface area (Å²) in [6, 6.07) is 16.9. The second kappa shape index (κ2) is 7.16. The molecular formula is C21H20ClNO2. The molecule has 3 aromatic rings. The van der Waals surface area contributed by atoms with Crippen LogP contribution in [0.5, 0.6) is 0 Å². The maximum absolute atomic E-state index is 12.5. The Morgan fingerprint density at radius 2 is 1.84 bits per heavy atom. The zero-order valence-electron chi connectivity index (χ0n) is 14.5. The average molecular weight is 354 g/mol. The number of anilines is 1. The van der Waals surface area contributed by atoms with Crippen LogP contribution in [0.25, 0.3) is 11.3 Å². The van der Waals surface area contributed by atoms with Gasteiger partial charge in [0.1, 0.15) is 5.76 Å². The molecule has 25 heavy (non-hydrogen) atoms. The van der Waals surface area contributed by atoms with Crippen molar-refractivity contribution in [2.24, 2.45) is 0 Å². The van der Waals surface area contributed by atoms with Crippen molar-refractivity contribution in [1.29, 1.82) is 0 Å².